The fraction of sp³-hybridized carbons (Fsp3) is 0.769. The Morgan fingerprint density at radius 3 is 2.81 bits per heavy atom. The van der Waals surface area contributed by atoms with E-state index < -0.39 is 5.41 Å². The molecule has 0 saturated heterocycles. The van der Waals surface area contributed by atoms with Gasteiger partial charge in [0.05, 0.1) is 5.41 Å². The van der Waals surface area contributed by atoms with Crippen molar-refractivity contribution < 1.29 is 4.79 Å². The maximum atomic E-state index is 11.7. The standard InChI is InChI=1S/C13H24N2O/c1-13(2,10-14)12(16)15-9-8-11-6-4-3-5-7-11/h6H,3-5,7-10,14H2,1-2H3,(H,15,16). The van der Waals surface area contributed by atoms with Gasteiger partial charge in [-0.25, -0.2) is 0 Å². The Labute approximate surface area is 98.5 Å². The van der Waals surface area contributed by atoms with Crippen molar-refractivity contribution in [1.82, 2.24) is 5.32 Å². The van der Waals surface area contributed by atoms with Gasteiger partial charge in [0.1, 0.15) is 0 Å². The molecule has 0 aromatic rings. The molecule has 16 heavy (non-hydrogen) atoms. The number of allylic oxidation sites excluding steroid dienone is 1. The summed E-state index contributed by atoms with van der Waals surface area (Å²) in [5.41, 5.74) is 6.60. The van der Waals surface area contributed by atoms with Crippen LogP contribution < -0.4 is 11.1 Å². The molecule has 1 aliphatic carbocycles. The summed E-state index contributed by atoms with van der Waals surface area (Å²) in [7, 11) is 0. The van der Waals surface area contributed by atoms with E-state index in [4.69, 9.17) is 5.73 Å². The van der Waals surface area contributed by atoms with Crippen molar-refractivity contribution in [2.45, 2.75) is 46.0 Å². The fourth-order valence-electron chi connectivity index (χ4n) is 1.80. The second kappa shape index (κ2) is 6.04. The fourth-order valence-corrected chi connectivity index (χ4v) is 1.80. The second-order valence-electron chi connectivity index (χ2n) is 5.20. The molecule has 0 aromatic heterocycles. The Kier molecular flexibility index (Phi) is 5.00. The van der Waals surface area contributed by atoms with Crippen LogP contribution in [0.3, 0.4) is 0 Å². The summed E-state index contributed by atoms with van der Waals surface area (Å²) >= 11 is 0. The lowest BCUT2D eigenvalue weighted by molar-refractivity contribution is -0.128. The zero-order valence-electron chi connectivity index (χ0n) is 10.5. The van der Waals surface area contributed by atoms with Crippen molar-refractivity contribution >= 4 is 5.91 Å². The van der Waals surface area contributed by atoms with Gasteiger partial charge in [0.2, 0.25) is 5.91 Å². The van der Waals surface area contributed by atoms with E-state index in [1.807, 2.05) is 13.8 Å². The monoisotopic (exact) mass is 224 g/mol. The van der Waals surface area contributed by atoms with Crippen LogP contribution in [0.5, 0.6) is 0 Å². The van der Waals surface area contributed by atoms with Gasteiger partial charge in [0, 0.05) is 13.1 Å². The van der Waals surface area contributed by atoms with Crippen molar-refractivity contribution in [3.8, 4) is 0 Å². The number of carbonyl (C=O) groups excluding carboxylic acids is 1. The molecular formula is C13H24N2O. The van der Waals surface area contributed by atoms with Gasteiger partial charge >= 0.3 is 0 Å². The molecule has 3 N–H and O–H groups in total. The largest absolute Gasteiger partial charge is 0.355 e. The number of hydrogen-bond acceptors (Lipinski definition) is 2. The Balaban J connectivity index is 2.25. The molecule has 1 aliphatic rings. The molecule has 3 nitrogen and oxygen atoms in total. The van der Waals surface area contributed by atoms with Crippen LogP contribution in [0.4, 0.5) is 0 Å². The molecule has 92 valence electrons. The summed E-state index contributed by atoms with van der Waals surface area (Å²) in [5.74, 6) is 0.0615. The van der Waals surface area contributed by atoms with Crippen molar-refractivity contribution in [2.75, 3.05) is 13.1 Å². The average Bonchev–Trinajstić information content (AvgIpc) is 2.30. The number of hydrogen-bond donors (Lipinski definition) is 2. The van der Waals surface area contributed by atoms with E-state index in [1.165, 1.54) is 31.3 Å². The highest BCUT2D eigenvalue weighted by molar-refractivity contribution is 5.81. The average molecular weight is 224 g/mol. The van der Waals surface area contributed by atoms with Crippen LogP contribution in [0.25, 0.3) is 0 Å². The molecule has 0 bridgehead atoms. The van der Waals surface area contributed by atoms with Crippen molar-refractivity contribution in [1.29, 1.82) is 0 Å². The first kappa shape index (κ1) is 13.2. The van der Waals surface area contributed by atoms with Gasteiger partial charge in [0.25, 0.3) is 0 Å². The third kappa shape index (κ3) is 3.97. The Bertz CT molecular complexity index is 269. The highest BCUT2D eigenvalue weighted by Crippen LogP contribution is 2.19. The van der Waals surface area contributed by atoms with E-state index in [0.717, 1.165) is 13.0 Å². The van der Waals surface area contributed by atoms with Gasteiger partial charge in [-0.2, -0.15) is 0 Å². The topological polar surface area (TPSA) is 55.1 Å². The smallest absolute Gasteiger partial charge is 0.226 e. The molecule has 0 aliphatic heterocycles. The molecule has 0 atom stereocenters. The van der Waals surface area contributed by atoms with E-state index in [-0.39, 0.29) is 5.91 Å². The normalized spacial score (nSPS) is 16.8. The molecule has 0 saturated carbocycles. The van der Waals surface area contributed by atoms with Crippen molar-refractivity contribution in [2.24, 2.45) is 11.1 Å². The summed E-state index contributed by atoms with van der Waals surface area (Å²) in [4.78, 5) is 11.7. The first-order chi connectivity index (χ1) is 7.56. The predicted molar refractivity (Wildman–Crippen MR) is 67.0 cm³/mol. The number of nitrogens with two attached hydrogens (primary N) is 1. The van der Waals surface area contributed by atoms with E-state index >= 15 is 0 Å². The third-order valence-electron chi connectivity index (χ3n) is 3.24. The zero-order chi connectivity index (χ0) is 12.0. The van der Waals surface area contributed by atoms with Gasteiger partial charge in [0.15, 0.2) is 0 Å². The lowest BCUT2D eigenvalue weighted by Gasteiger charge is -2.21. The van der Waals surface area contributed by atoms with Crippen LogP contribution in [0.1, 0.15) is 46.0 Å². The summed E-state index contributed by atoms with van der Waals surface area (Å²) in [6, 6.07) is 0. The predicted octanol–water partition coefficient (Wildman–Crippen LogP) is 1.98. The van der Waals surface area contributed by atoms with E-state index in [0.29, 0.717) is 6.54 Å². The molecule has 0 aromatic carbocycles. The molecule has 0 fully saturated rings. The SMILES string of the molecule is CC(C)(CN)C(=O)NCCC1=CCCCC1. The van der Waals surface area contributed by atoms with Crippen LogP contribution in [0.2, 0.25) is 0 Å². The van der Waals surface area contributed by atoms with Crippen molar-refractivity contribution in [3.05, 3.63) is 11.6 Å². The van der Waals surface area contributed by atoms with Crippen LogP contribution >= 0.6 is 0 Å². The van der Waals surface area contributed by atoms with Gasteiger partial charge in [-0.1, -0.05) is 11.6 Å². The number of rotatable bonds is 5. The molecule has 0 spiro atoms. The third-order valence-corrected chi connectivity index (χ3v) is 3.24. The van der Waals surface area contributed by atoms with Gasteiger partial charge in [-0.15, -0.1) is 0 Å². The Morgan fingerprint density at radius 1 is 1.50 bits per heavy atom. The van der Waals surface area contributed by atoms with E-state index in [9.17, 15) is 4.79 Å². The van der Waals surface area contributed by atoms with Gasteiger partial charge < -0.3 is 11.1 Å². The summed E-state index contributed by atoms with van der Waals surface area (Å²) < 4.78 is 0. The van der Waals surface area contributed by atoms with Gasteiger partial charge in [-0.3, -0.25) is 4.79 Å². The molecule has 1 rings (SSSR count). The lowest BCUT2D eigenvalue weighted by atomic mass is 9.92. The number of nitrogens with one attached hydrogen (secondary N) is 1. The quantitative estimate of drug-likeness (QED) is 0.702. The molecule has 3 heteroatoms. The number of amides is 1. The summed E-state index contributed by atoms with van der Waals surface area (Å²) in [6.07, 6.45) is 8.34. The maximum absolute atomic E-state index is 11.7. The Morgan fingerprint density at radius 2 is 2.25 bits per heavy atom. The summed E-state index contributed by atoms with van der Waals surface area (Å²) in [5, 5.41) is 2.96. The number of carbonyl (C=O) groups is 1. The van der Waals surface area contributed by atoms with E-state index in [1.54, 1.807) is 0 Å². The van der Waals surface area contributed by atoms with Crippen LogP contribution in [0.15, 0.2) is 11.6 Å². The Hall–Kier alpha value is -0.830. The van der Waals surface area contributed by atoms with Gasteiger partial charge in [-0.05, 0) is 46.0 Å². The zero-order valence-corrected chi connectivity index (χ0v) is 10.5. The summed E-state index contributed by atoms with van der Waals surface area (Å²) in [6.45, 7) is 4.89. The van der Waals surface area contributed by atoms with Crippen LogP contribution in [-0.2, 0) is 4.79 Å². The highest BCUT2D eigenvalue weighted by atomic mass is 16.2. The first-order valence-corrected chi connectivity index (χ1v) is 6.22. The van der Waals surface area contributed by atoms with Crippen LogP contribution in [0, 0.1) is 5.41 Å². The minimum atomic E-state index is -0.444. The maximum Gasteiger partial charge on any atom is 0.226 e. The minimum Gasteiger partial charge on any atom is -0.355 e. The first-order valence-electron chi connectivity index (χ1n) is 6.22. The molecular weight excluding hydrogens is 200 g/mol. The van der Waals surface area contributed by atoms with Crippen molar-refractivity contribution in [3.63, 3.8) is 0 Å². The second-order valence-corrected chi connectivity index (χ2v) is 5.20. The molecule has 1 amide bonds. The molecule has 0 radical (unpaired) electrons. The van der Waals surface area contributed by atoms with Crippen LogP contribution in [-0.4, -0.2) is 19.0 Å². The molecule has 0 unspecified atom stereocenters. The lowest BCUT2D eigenvalue weighted by Crippen LogP contribution is -2.42. The molecule has 0 heterocycles. The minimum absolute atomic E-state index is 0.0615. The highest BCUT2D eigenvalue weighted by Gasteiger charge is 2.25. The van der Waals surface area contributed by atoms with E-state index in [2.05, 4.69) is 11.4 Å².